The lowest BCUT2D eigenvalue weighted by Crippen LogP contribution is -2.53. The van der Waals surface area contributed by atoms with Crippen LogP contribution in [0.4, 0.5) is 0 Å². The largest absolute Gasteiger partial charge is 0.496 e. The van der Waals surface area contributed by atoms with E-state index in [-0.39, 0.29) is 18.1 Å². The van der Waals surface area contributed by atoms with E-state index in [9.17, 15) is 5.11 Å². The number of aliphatic hydroxyl groups is 1. The summed E-state index contributed by atoms with van der Waals surface area (Å²) >= 11 is 3.49. The summed E-state index contributed by atoms with van der Waals surface area (Å²) in [6, 6.07) is 6.03. The third kappa shape index (κ3) is 2.28. The summed E-state index contributed by atoms with van der Waals surface area (Å²) in [7, 11) is 3.54. The van der Waals surface area contributed by atoms with Crippen LogP contribution in [0.25, 0.3) is 0 Å². The molecule has 1 unspecified atom stereocenters. The van der Waals surface area contributed by atoms with Gasteiger partial charge in [-0.15, -0.1) is 0 Å². The second kappa shape index (κ2) is 5.57. The van der Waals surface area contributed by atoms with Crippen LogP contribution in [-0.2, 0) is 4.74 Å². The molecule has 1 fully saturated rings. The summed E-state index contributed by atoms with van der Waals surface area (Å²) < 4.78 is 11.4. The Labute approximate surface area is 115 Å². The highest BCUT2D eigenvalue weighted by molar-refractivity contribution is 9.10. The maximum absolute atomic E-state index is 9.61. The minimum atomic E-state index is -0.219. The van der Waals surface area contributed by atoms with Crippen LogP contribution in [0.15, 0.2) is 22.7 Å². The molecule has 0 spiro atoms. The molecule has 2 N–H and O–H groups in total. The van der Waals surface area contributed by atoms with E-state index in [2.05, 4.69) is 21.2 Å². The molecule has 1 aliphatic rings. The lowest BCUT2D eigenvalue weighted by molar-refractivity contribution is -0.155. The van der Waals surface area contributed by atoms with Gasteiger partial charge in [-0.05, 0) is 40.7 Å². The van der Waals surface area contributed by atoms with Gasteiger partial charge in [0.2, 0.25) is 0 Å². The molecule has 0 aliphatic carbocycles. The Morgan fingerprint density at radius 1 is 1.56 bits per heavy atom. The normalized spacial score (nSPS) is 19.1. The zero-order valence-electron chi connectivity index (χ0n) is 10.6. The lowest BCUT2D eigenvalue weighted by atomic mass is 9.76. The van der Waals surface area contributed by atoms with Crippen molar-refractivity contribution in [2.45, 2.75) is 6.04 Å². The van der Waals surface area contributed by atoms with Gasteiger partial charge in [0.05, 0.1) is 36.8 Å². The summed E-state index contributed by atoms with van der Waals surface area (Å²) in [5.41, 5.74) is 0.894. The molecule has 1 saturated heterocycles. The molecule has 0 bridgehead atoms. The van der Waals surface area contributed by atoms with Gasteiger partial charge in [0.25, 0.3) is 0 Å². The van der Waals surface area contributed by atoms with E-state index in [1.165, 1.54) is 0 Å². The molecule has 2 rings (SSSR count). The third-order valence-corrected chi connectivity index (χ3v) is 4.12. The molecule has 1 atom stereocenters. The number of nitrogens with one attached hydrogen (secondary N) is 1. The van der Waals surface area contributed by atoms with Crippen molar-refractivity contribution in [3.8, 4) is 5.75 Å². The predicted molar refractivity (Wildman–Crippen MR) is 72.8 cm³/mol. The van der Waals surface area contributed by atoms with Gasteiger partial charge in [-0.2, -0.15) is 0 Å². The van der Waals surface area contributed by atoms with Gasteiger partial charge in [0, 0.05) is 6.04 Å². The van der Waals surface area contributed by atoms with Crippen LogP contribution >= 0.6 is 15.9 Å². The first-order valence-corrected chi connectivity index (χ1v) is 6.65. The van der Waals surface area contributed by atoms with Gasteiger partial charge in [0.15, 0.2) is 0 Å². The molecule has 18 heavy (non-hydrogen) atoms. The number of methoxy groups -OCH3 is 1. The van der Waals surface area contributed by atoms with Crippen molar-refractivity contribution in [2.75, 3.05) is 34.0 Å². The Morgan fingerprint density at radius 2 is 2.28 bits per heavy atom. The van der Waals surface area contributed by atoms with Crippen LogP contribution in [0.5, 0.6) is 5.75 Å². The predicted octanol–water partition coefficient (Wildman–Crippen LogP) is 1.73. The van der Waals surface area contributed by atoms with E-state index in [0.717, 1.165) is 15.8 Å². The lowest BCUT2D eigenvalue weighted by Gasteiger charge is -2.46. The van der Waals surface area contributed by atoms with Crippen LogP contribution in [0.3, 0.4) is 0 Å². The van der Waals surface area contributed by atoms with Crippen LogP contribution in [0, 0.1) is 5.41 Å². The highest BCUT2D eigenvalue weighted by atomic mass is 79.9. The van der Waals surface area contributed by atoms with Crippen LogP contribution in [0.2, 0.25) is 0 Å². The van der Waals surface area contributed by atoms with E-state index in [0.29, 0.717) is 13.2 Å². The Kier molecular flexibility index (Phi) is 4.27. The molecule has 4 nitrogen and oxygen atoms in total. The molecule has 1 aromatic rings. The molecule has 5 heteroatoms. The van der Waals surface area contributed by atoms with Crippen molar-refractivity contribution in [2.24, 2.45) is 5.41 Å². The van der Waals surface area contributed by atoms with E-state index in [1.807, 2.05) is 25.2 Å². The molecule has 0 saturated carbocycles. The molecule has 1 aromatic carbocycles. The maximum atomic E-state index is 9.61. The summed E-state index contributed by atoms with van der Waals surface area (Å²) in [5.74, 6) is 0.802. The number of hydrogen-bond acceptors (Lipinski definition) is 4. The van der Waals surface area contributed by atoms with E-state index >= 15 is 0 Å². The summed E-state index contributed by atoms with van der Waals surface area (Å²) in [6.45, 7) is 1.28. The standard InChI is InChI=1S/C13H18BrNO3/c1-15-12(13(6-16)7-18-8-13)9-3-4-11(17-2)10(14)5-9/h3-5,12,15-16H,6-8H2,1-2H3. The number of ether oxygens (including phenoxy) is 2. The van der Waals surface area contributed by atoms with Crippen molar-refractivity contribution >= 4 is 15.9 Å². The fraction of sp³-hybridized carbons (Fsp3) is 0.538. The van der Waals surface area contributed by atoms with Crippen LogP contribution < -0.4 is 10.1 Å². The Bertz CT molecular complexity index is 415. The van der Waals surface area contributed by atoms with Crippen molar-refractivity contribution in [1.29, 1.82) is 0 Å². The zero-order valence-corrected chi connectivity index (χ0v) is 12.2. The molecule has 0 amide bonds. The quantitative estimate of drug-likeness (QED) is 0.869. The summed E-state index contributed by atoms with van der Waals surface area (Å²) in [4.78, 5) is 0. The number of rotatable bonds is 5. The van der Waals surface area contributed by atoms with Gasteiger partial charge in [0.1, 0.15) is 5.75 Å². The number of hydrogen-bond donors (Lipinski definition) is 2. The van der Waals surface area contributed by atoms with Crippen molar-refractivity contribution in [3.05, 3.63) is 28.2 Å². The van der Waals surface area contributed by atoms with Gasteiger partial charge in [-0.1, -0.05) is 6.07 Å². The smallest absolute Gasteiger partial charge is 0.133 e. The molecule has 100 valence electrons. The molecule has 0 aromatic heterocycles. The average Bonchev–Trinajstić information content (AvgIpc) is 2.33. The molecule has 1 heterocycles. The van der Waals surface area contributed by atoms with E-state index in [1.54, 1.807) is 7.11 Å². The first-order valence-electron chi connectivity index (χ1n) is 5.86. The Hall–Kier alpha value is -0.620. The van der Waals surface area contributed by atoms with Gasteiger partial charge in [-0.3, -0.25) is 0 Å². The molecule has 0 radical (unpaired) electrons. The molecular formula is C13H18BrNO3. The fourth-order valence-corrected chi connectivity index (χ4v) is 2.96. The summed E-state index contributed by atoms with van der Waals surface area (Å²) in [6.07, 6.45) is 0. The second-order valence-electron chi connectivity index (χ2n) is 4.63. The van der Waals surface area contributed by atoms with Gasteiger partial charge in [-0.25, -0.2) is 0 Å². The highest BCUT2D eigenvalue weighted by Gasteiger charge is 2.45. The van der Waals surface area contributed by atoms with Crippen LogP contribution in [-0.4, -0.2) is 39.1 Å². The van der Waals surface area contributed by atoms with Gasteiger partial charge >= 0.3 is 0 Å². The Balaban J connectivity index is 2.30. The number of benzene rings is 1. The van der Waals surface area contributed by atoms with E-state index < -0.39 is 0 Å². The minimum Gasteiger partial charge on any atom is -0.496 e. The van der Waals surface area contributed by atoms with Crippen molar-refractivity contribution in [1.82, 2.24) is 5.32 Å². The van der Waals surface area contributed by atoms with Crippen molar-refractivity contribution in [3.63, 3.8) is 0 Å². The van der Waals surface area contributed by atoms with Gasteiger partial charge < -0.3 is 19.9 Å². The topological polar surface area (TPSA) is 50.7 Å². The minimum absolute atomic E-state index is 0.0680. The first kappa shape index (κ1) is 13.8. The number of aliphatic hydroxyl groups excluding tert-OH is 1. The SMILES string of the molecule is CNC(c1ccc(OC)c(Br)c1)C1(CO)COC1. The monoisotopic (exact) mass is 315 g/mol. The average molecular weight is 316 g/mol. The molecular weight excluding hydrogens is 298 g/mol. The zero-order chi connectivity index (χ0) is 13.2. The van der Waals surface area contributed by atoms with E-state index in [4.69, 9.17) is 9.47 Å². The second-order valence-corrected chi connectivity index (χ2v) is 5.48. The van der Waals surface area contributed by atoms with Crippen molar-refractivity contribution < 1.29 is 14.6 Å². The summed E-state index contributed by atoms with van der Waals surface area (Å²) in [5, 5.41) is 12.9. The Morgan fingerprint density at radius 3 is 2.67 bits per heavy atom. The maximum Gasteiger partial charge on any atom is 0.133 e. The number of halogens is 1. The van der Waals surface area contributed by atoms with Crippen LogP contribution in [0.1, 0.15) is 11.6 Å². The fourth-order valence-electron chi connectivity index (χ4n) is 2.40. The third-order valence-electron chi connectivity index (χ3n) is 3.50. The molecule has 1 aliphatic heterocycles. The first-order chi connectivity index (χ1) is 8.66. The highest BCUT2D eigenvalue weighted by Crippen LogP contribution is 2.41.